The Morgan fingerprint density at radius 2 is 1.97 bits per heavy atom. The Morgan fingerprint density at radius 3 is 2.62 bits per heavy atom. The highest BCUT2D eigenvalue weighted by atomic mass is 19.1. The van der Waals surface area contributed by atoms with Gasteiger partial charge in [0.05, 0.1) is 17.1 Å². The first kappa shape index (κ1) is 18.8. The molecule has 1 aromatic carbocycles. The molecular formula is C21H22FN7. The normalized spacial score (nSPS) is 14.7. The second-order valence-electron chi connectivity index (χ2n) is 7.21. The lowest BCUT2D eigenvalue weighted by atomic mass is 9.66. The number of hydrogen-bond donors (Lipinski definition) is 3. The van der Waals surface area contributed by atoms with Crippen LogP contribution < -0.4 is 16.8 Å². The van der Waals surface area contributed by atoms with Gasteiger partial charge in [-0.1, -0.05) is 18.6 Å². The molecule has 0 aliphatic heterocycles. The number of rotatable bonds is 6. The van der Waals surface area contributed by atoms with Gasteiger partial charge in [0.2, 0.25) is 0 Å². The topological polar surface area (TPSA) is 115 Å². The van der Waals surface area contributed by atoms with Crippen LogP contribution >= 0.6 is 0 Å². The van der Waals surface area contributed by atoms with Crippen LogP contribution in [-0.2, 0) is 5.41 Å². The van der Waals surface area contributed by atoms with Crippen LogP contribution in [0.5, 0.6) is 0 Å². The predicted octanol–water partition coefficient (Wildman–Crippen LogP) is 3.12. The number of anilines is 1. The molecule has 0 radical (unpaired) electrons. The van der Waals surface area contributed by atoms with Gasteiger partial charge in [-0.3, -0.25) is 4.98 Å². The molecule has 0 unspecified atom stereocenters. The van der Waals surface area contributed by atoms with Crippen molar-refractivity contribution in [1.29, 1.82) is 0 Å². The maximum Gasteiger partial charge on any atom is 0.191 e. The zero-order valence-corrected chi connectivity index (χ0v) is 15.8. The summed E-state index contributed by atoms with van der Waals surface area (Å²) in [5.41, 5.74) is 13.3. The third kappa shape index (κ3) is 4.01. The van der Waals surface area contributed by atoms with E-state index in [-0.39, 0.29) is 17.2 Å². The minimum atomic E-state index is -0.291. The molecule has 8 heteroatoms. The first-order valence-corrected chi connectivity index (χ1v) is 9.44. The van der Waals surface area contributed by atoms with E-state index in [4.69, 9.17) is 11.5 Å². The van der Waals surface area contributed by atoms with Crippen molar-refractivity contribution in [2.24, 2.45) is 16.5 Å². The third-order valence-corrected chi connectivity index (χ3v) is 5.24. The van der Waals surface area contributed by atoms with Gasteiger partial charge in [-0.25, -0.2) is 9.38 Å². The molecule has 148 valence electrons. The molecule has 1 saturated carbocycles. The van der Waals surface area contributed by atoms with Crippen molar-refractivity contribution in [3.63, 3.8) is 0 Å². The van der Waals surface area contributed by atoms with E-state index >= 15 is 0 Å². The Kier molecular flexibility index (Phi) is 5.07. The highest BCUT2D eigenvalue weighted by molar-refractivity contribution is 5.79. The smallest absolute Gasteiger partial charge is 0.191 e. The van der Waals surface area contributed by atoms with Crippen LogP contribution in [0.15, 0.2) is 59.7 Å². The quantitative estimate of drug-likeness (QED) is 0.439. The van der Waals surface area contributed by atoms with Crippen molar-refractivity contribution in [2.45, 2.75) is 24.7 Å². The van der Waals surface area contributed by atoms with Crippen LogP contribution in [0.25, 0.3) is 11.3 Å². The van der Waals surface area contributed by atoms with Gasteiger partial charge in [0, 0.05) is 23.7 Å². The van der Waals surface area contributed by atoms with Gasteiger partial charge in [0.25, 0.3) is 0 Å². The lowest BCUT2D eigenvalue weighted by Crippen LogP contribution is -2.42. The molecule has 2 aromatic heterocycles. The number of aromatic nitrogens is 3. The number of hydrogen-bond acceptors (Lipinski definition) is 5. The summed E-state index contributed by atoms with van der Waals surface area (Å²) in [6.07, 6.45) is 4.51. The van der Waals surface area contributed by atoms with Crippen molar-refractivity contribution in [3.8, 4) is 11.3 Å². The van der Waals surface area contributed by atoms with E-state index in [0.29, 0.717) is 29.4 Å². The van der Waals surface area contributed by atoms with Crippen molar-refractivity contribution in [1.82, 2.24) is 15.2 Å². The van der Waals surface area contributed by atoms with Crippen LogP contribution in [0, 0.1) is 5.82 Å². The maximum absolute atomic E-state index is 14.2. The number of nitrogens with one attached hydrogen (secondary N) is 1. The summed E-state index contributed by atoms with van der Waals surface area (Å²) < 4.78 is 14.2. The fraction of sp³-hybridized carbons (Fsp3) is 0.238. The van der Waals surface area contributed by atoms with Crippen LogP contribution in [0.2, 0.25) is 0 Å². The lowest BCUT2D eigenvalue weighted by Gasteiger charge is -2.41. The van der Waals surface area contributed by atoms with Crippen molar-refractivity contribution >= 4 is 17.5 Å². The molecule has 2 heterocycles. The summed E-state index contributed by atoms with van der Waals surface area (Å²) in [5, 5.41) is 11.8. The second kappa shape index (κ2) is 7.83. The van der Waals surface area contributed by atoms with Gasteiger partial charge in [0.1, 0.15) is 11.6 Å². The molecule has 0 saturated heterocycles. The zero-order chi connectivity index (χ0) is 20.3. The first-order valence-electron chi connectivity index (χ1n) is 9.44. The fourth-order valence-electron chi connectivity index (χ4n) is 3.60. The fourth-order valence-corrected chi connectivity index (χ4v) is 3.60. The number of aliphatic imine (C=N–C) groups is 1. The summed E-state index contributed by atoms with van der Waals surface area (Å²) in [4.78, 5) is 8.33. The van der Waals surface area contributed by atoms with Gasteiger partial charge in [0.15, 0.2) is 5.96 Å². The molecule has 4 rings (SSSR count). The molecule has 1 fully saturated rings. The van der Waals surface area contributed by atoms with E-state index in [2.05, 4.69) is 25.5 Å². The summed E-state index contributed by atoms with van der Waals surface area (Å²) in [5.74, 6) is 0.384. The summed E-state index contributed by atoms with van der Waals surface area (Å²) >= 11 is 0. The van der Waals surface area contributed by atoms with Crippen LogP contribution in [-0.4, -0.2) is 27.7 Å². The summed E-state index contributed by atoms with van der Waals surface area (Å²) in [6.45, 7) is 0.564. The van der Waals surface area contributed by atoms with E-state index < -0.39 is 0 Å². The Morgan fingerprint density at radius 1 is 1.10 bits per heavy atom. The van der Waals surface area contributed by atoms with Gasteiger partial charge in [-0.05, 0) is 49.2 Å². The van der Waals surface area contributed by atoms with Crippen LogP contribution in [0.1, 0.15) is 25.0 Å². The van der Waals surface area contributed by atoms with E-state index in [9.17, 15) is 4.39 Å². The predicted molar refractivity (Wildman–Crippen MR) is 111 cm³/mol. The third-order valence-electron chi connectivity index (χ3n) is 5.24. The Labute approximate surface area is 168 Å². The minimum absolute atomic E-state index is 0.00190. The van der Waals surface area contributed by atoms with E-state index in [1.807, 2.05) is 30.3 Å². The molecule has 0 spiro atoms. The first-order chi connectivity index (χ1) is 14.1. The largest absolute Gasteiger partial charge is 0.370 e. The molecular weight excluding hydrogens is 369 g/mol. The lowest BCUT2D eigenvalue weighted by molar-refractivity contribution is 0.243. The minimum Gasteiger partial charge on any atom is -0.370 e. The number of nitrogens with zero attached hydrogens (tertiary/aromatic N) is 4. The van der Waals surface area contributed by atoms with Crippen LogP contribution in [0.3, 0.4) is 0 Å². The van der Waals surface area contributed by atoms with Gasteiger partial charge in [-0.15, -0.1) is 10.2 Å². The van der Waals surface area contributed by atoms with Crippen molar-refractivity contribution in [2.75, 3.05) is 11.9 Å². The maximum atomic E-state index is 14.2. The number of halogens is 1. The van der Waals surface area contributed by atoms with E-state index in [0.717, 1.165) is 24.8 Å². The Balaban J connectivity index is 1.48. The Bertz CT molecular complexity index is 1030. The number of pyridine rings is 1. The number of benzene rings is 1. The van der Waals surface area contributed by atoms with E-state index in [1.165, 1.54) is 6.07 Å². The number of guanidine groups is 1. The molecule has 3 aromatic rings. The molecule has 29 heavy (non-hydrogen) atoms. The van der Waals surface area contributed by atoms with Crippen molar-refractivity contribution in [3.05, 3.63) is 66.2 Å². The van der Waals surface area contributed by atoms with Gasteiger partial charge in [-0.2, -0.15) is 0 Å². The van der Waals surface area contributed by atoms with Gasteiger partial charge >= 0.3 is 0 Å². The molecule has 7 nitrogen and oxygen atoms in total. The van der Waals surface area contributed by atoms with Crippen LogP contribution in [0.4, 0.5) is 15.9 Å². The standard InChI is InChI=1S/C21H22FN7/c22-16-6-2-11-25-19(16)21(9-3-10-21)13-26-18-8-7-17(28-29-18)14-4-1-5-15(12-14)27-20(23)24/h1-2,4-8,11-12H,3,9-10,13H2,(H,26,29)(H4,23,24,27). The number of nitrogens with two attached hydrogens (primary N) is 2. The molecule has 1 aliphatic carbocycles. The average Bonchev–Trinajstić information content (AvgIpc) is 2.68. The highest BCUT2D eigenvalue weighted by Gasteiger charge is 2.41. The molecule has 5 N–H and O–H groups in total. The SMILES string of the molecule is NC(N)=Nc1cccc(-c2ccc(NCC3(c4ncccc4F)CCC3)nn2)c1. The zero-order valence-electron chi connectivity index (χ0n) is 15.8. The molecule has 0 amide bonds. The summed E-state index contributed by atoms with van der Waals surface area (Å²) in [6, 6.07) is 14.2. The van der Waals surface area contributed by atoms with Gasteiger partial charge < -0.3 is 16.8 Å². The molecule has 1 aliphatic rings. The second-order valence-corrected chi connectivity index (χ2v) is 7.21. The monoisotopic (exact) mass is 391 g/mol. The Hall–Kier alpha value is -3.55. The highest BCUT2D eigenvalue weighted by Crippen LogP contribution is 2.43. The summed E-state index contributed by atoms with van der Waals surface area (Å²) in [7, 11) is 0. The average molecular weight is 391 g/mol. The molecule has 0 atom stereocenters. The van der Waals surface area contributed by atoms with Crippen molar-refractivity contribution < 1.29 is 4.39 Å². The van der Waals surface area contributed by atoms with E-state index in [1.54, 1.807) is 18.3 Å². The molecule has 0 bridgehead atoms.